The smallest absolute Gasteiger partial charge is 0.137 e. The van der Waals surface area contributed by atoms with Gasteiger partial charge in [0.15, 0.2) is 0 Å². The van der Waals surface area contributed by atoms with Crippen LogP contribution in [0.5, 0.6) is 0 Å². The van der Waals surface area contributed by atoms with Gasteiger partial charge in [-0.2, -0.15) is 5.10 Å². The molecule has 0 atom stereocenters. The van der Waals surface area contributed by atoms with E-state index in [1.807, 2.05) is 24.6 Å². The van der Waals surface area contributed by atoms with Gasteiger partial charge in [0, 0.05) is 24.8 Å². The Morgan fingerprint density at radius 3 is 2.88 bits per heavy atom. The minimum Gasteiger partial charge on any atom is -0.370 e. The summed E-state index contributed by atoms with van der Waals surface area (Å²) < 4.78 is 1.82. The van der Waals surface area contributed by atoms with Crippen LogP contribution in [-0.2, 0) is 6.54 Å². The summed E-state index contributed by atoms with van der Waals surface area (Å²) in [5, 5.41) is 7.32. The molecule has 0 aromatic carbocycles. The van der Waals surface area contributed by atoms with Gasteiger partial charge in [-0.25, -0.2) is 15.0 Å². The molecule has 90 valence electrons. The summed E-state index contributed by atoms with van der Waals surface area (Å²) in [6, 6.07) is 1.95. The molecule has 0 amide bonds. The van der Waals surface area contributed by atoms with Crippen molar-refractivity contribution in [3.63, 3.8) is 0 Å². The molecule has 2 aromatic rings. The number of aryl methyl sites for hydroxylation is 3. The maximum absolute atomic E-state index is 4.31. The van der Waals surface area contributed by atoms with Crippen LogP contribution in [0.1, 0.15) is 17.9 Å². The maximum atomic E-state index is 4.31. The maximum Gasteiger partial charge on any atom is 0.137 e. The quantitative estimate of drug-likeness (QED) is 0.784. The zero-order chi connectivity index (χ0) is 12.1. The molecule has 17 heavy (non-hydrogen) atoms. The molecule has 0 saturated carbocycles. The average Bonchev–Trinajstić information content (AvgIpc) is 2.76. The summed E-state index contributed by atoms with van der Waals surface area (Å²) in [5.41, 5.74) is 0.983. The molecule has 2 aromatic heterocycles. The van der Waals surface area contributed by atoms with Gasteiger partial charge < -0.3 is 5.32 Å². The third-order valence-electron chi connectivity index (χ3n) is 2.30. The van der Waals surface area contributed by atoms with Gasteiger partial charge in [-0.05, 0) is 20.3 Å². The van der Waals surface area contributed by atoms with Gasteiger partial charge in [0.05, 0.1) is 0 Å². The molecule has 0 aliphatic rings. The highest BCUT2D eigenvalue weighted by atomic mass is 15.3. The van der Waals surface area contributed by atoms with E-state index in [9.17, 15) is 0 Å². The van der Waals surface area contributed by atoms with Gasteiger partial charge >= 0.3 is 0 Å². The number of hydrogen-bond donors (Lipinski definition) is 1. The average molecular weight is 232 g/mol. The molecule has 2 rings (SSSR count). The molecule has 6 nitrogen and oxygen atoms in total. The van der Waals surface area contributed by atoms with Gasteiger partial charge in [-0.1, -0.05) is 0 Å². The van der Waals surface area contributed by atoms with Gasteiger partial charge in [0.2, 0.25) is 0 Å². The van der Waals surface area contributed by atoms with Crippen LogP contribution >= 0.6 is 0 Å². The van der Waals surface area contributed by atoms with E-state index in [1.165, 1.54) is 0 Å². The number of anilines is 1. The summed E-state index contributed by atoms with van der Waals surface area (Å²) in [6.07, 6.45) is 4.25. The first-order valence-corrected chi connectivity index (χ1v) is 5.62. The van der Waals surface area contributed by atoms with E-state index < -0.39 is 0 Å². The molecular weight excluding hydrogens is 216 g/mol. The Hall–Kier alpha value is -1.98. The van der Waals surface area contributed by atoms with Gasteiger partial charge in [-0.3, -0.25) is 4.68 Å². The molecule has 2 heterocycles. The van der Waals surface area contributed by atoms with Crippen molar-refractivity contribution in [1.82, 2.24) is 24.7 Å². The fraction of sp³-hybridized carbons (Fsp3) is 0.455. The van der Waals surface area contributed by atoms with E-state index in [1.54, 1.807) is 12.7 Å². The third-order valence-corrected chi connectivity index (χ3v) is 2.30. The molecule has 0 aliphatic heterocycles. The van der Waals surface area contributed by atoms with Crippen molar-refractivity contribution in [3.05, 3.63) is 30.2 Å². The first-order chi connectivity index (χ1) is 8.24. The van der Waals surface area contributed by atoms with Crippen molar-refractivity contribution >= 4 is 5.82 Å². The Kier molecular flexibility index (Phi) is 3.64. The first-order valence-electron chi connectivity index (χ1n) is 5.62. The summed E-state index contributed by atoms with van der Waals surface area (Å²) in [4.78, 5) is 12.4. The van der Waals surface area contributed by atoms with E-state index >= 15 is 0 Å². The minimum atomic E-state index is 0.795. The fourth-order valence-electron chi connectivity index (χ4n) is 1.61. The lowest BCUT2D eigenvalue weighted by Gasteiger charge is -2.06. The highest BCUT2D eigenvalue weighted by Gasteiger charge is 1.98. The Bertz CT molecular complexity index is 445. The van der Waals surface area contributed by atoms with Crippen LogP contribution in [-0.4, -0.2) is 31.3 Å². The predicted molar refractivity (Wildman–Crippen MR) is 64.6 cm³/mol. The van der Waals surface area contributed by atoms with Gasteiger partial charge in [-0.15, -0.1) is 0 Å². The van der Waals surface area contributed by atoms with Crippen LogP contribution in [0, 0.1) is 13.8 Å². The molecule has 1 N–H and O–H groups in total. The van der Waals surface area contributed by atoms with Crippen LogP contribution in [0.2, 0.25) is 0 Å². The lowest BCUT2D eigenvalue weighted by molar-refractivity contribution is 0.590. The molecule has 0 spiro atoms. The molecule has 0 bridgehead atoms. The van der Waals surface area contributed by atoms with E-state index in [0.717, 1.165) is 36.8 Å². The number of nitrogens with zero attached hydrogens (tertiary/aromatic N) is 5. The monoisotopic (exact) mass is 232 g/mol. The highest BCUT2D eigenvalue weighted by molar-refractivity contribution is 5.35. The number of nitrogens with one attached hydrogen (secondary N) is 1. The van der Waals surface area contributed by atoms with Crippen molar-refractivity contribution in [3.8, 4) is 0 Å². The summed E-state index contributed by atoms with van der Waals surface area (Å²) in [7, 11) is 0. The molecule has 0 fully saturated rings. The highest BCUT2D eigenvalue weighted by Crippen LogP contribution is 2.05. The second-order valence-electron chi connectivity index (χ2n) is 3.88. The van der Waals surface area contributed by atoms with Crippen molar-refractivity contribution in [2.75, 3.05) is 11.9 Å². The fourth-order valence-corrected chi connectivity index (χ4v) is 1.61. The summed E-state index contributed by atoms with van der Waals surface area (Å²) >= 11 is 0. The third kappa shape index (κ3) is 3.51. The van der Waals surface area contributed by atoms with Gasteiger partial charge in [0.1, 0.15) is 24.3 Å². The lowest BCUT2D eigenvalue weighted by atomic mass is 10.4. The number of aromatic nitrogens is 5. The Morgan fingerprint density at radius 2 is 2.18 bits per heavy atom. The zero-order valence-corrected chi connectivity index (χ0v) is 10.1. The topological polar surface area (TPSA) is 68.5 Å². The van der Waals surface area contributed by atoms with Crippen molar-refractivity contribution in [2.24, 2.45) is 0 Å². The van der Waals surface area contributed by atoms with Crippen molar-refractivity contribution < 1.29 is 0 Å². The Balaban J connectivity index is 1.78. The molecule has 0 unspecified atom stereocenters. The molecular formula is C11H16N6. The number of rotatable bonds is 5. The van der Waals surface area contributed by atoms with Gasteiger partial charge in [0.25, 0.3) is 0 Å². The van der Waals surface area contributed by atoms with Crippen LogP contribution in [0.3, 0.4) is 0 Å². The molecule has 0 aliphatic carbocycles. The van der Waals surface area contributed by atoms with Crippen LogP contribution in [0.15, 0.2) is 18.7 Å². The second kappa shape index (κ2) is 5.38. The SMILES string of the molecule is Cc1cc(NCCCn2cncn2)nc(C)n1. The molecule has 6 heteroatoms. The predicted octanol–water partition coefficient (Wildman–Crippen LogP) is 1.19. The normalized spacial score (nSPS) is 10.5. The van der Waals surface area contributed by atoms with E-state index in [-0.39, 0.29) is 0 Å². The van der Waals surface area contributed by atoms with Crippen molar-refractivity contribution in [1.29, 1.82) is 0 Å². The summed E-state index contributed by atoms with van der Waals surface area (Å²) in [5.74, 6) is 1.68. The molecule has 0 saturated heterocycles. The lowest BCUT2D eigenvalue weighted by Crippen LogP contribution is -2.09. The van der Waals surface area contributed by atoms with Crippen LogP contribution in [0.4, 0.5) is 5.82 Å². The minimum absolute atomic E-state index is 0.795. The van der Waals surface area contributed by atoms with E-state index in [2.05, 4.69) is 25.4 Å². The molecule has 0 radical (unpaired) electrons. The Labute approximate surface area is 100 Å². The first kappa shape index (κ1) is 11.5. The second-order valence-corrected chi connectivity index (χ2v) is 3.88. The standard InChI is InChI=1S/C11H16N6/c1-9-6-11(16-10(2)15-9)13-4-3-5-17-8-12-7-14-17/h6-8H,3-5H2,1-2H3,(H,13,15,16). The van der Waals surface area contributed by atoms with E-state index in [4.69, 9.17) is 0 Å². The van der Waals surface area contributed by atoms with Crippen LogP contribution in [0.25, 0.3) is 0 Å². The van der Waals surface area contributed by atoms with Crippen molar-refractivity contribution in [2.45, 2.75) is 26.8 Å². The largest absolute Gasteiger partial charge is 0.370 e. The zero-order valence-electron chi connectivity index (χ0n) is 10.1. The van der Waals surface area contributed by atoms with E-state index in [0.29, 0.717) is 0 Å². The number of hydrogen-bond acceptors (Lipinski definition) is 5. The van der Waals surface area contributed by atoms with Crippen LogP contribution < -0.4 is 5.32 Å². The Morgan fingerprint density at radius 1 is 1.29 bits per heavy atom. The summed E-state index contributed by atoms with van der Waals surface area (Å²) in [6.45, 7) is 5.58.